The molecule has 2 aromatic heterocycles. The summed E-state index contributed by atoms with van der Waals surface area (Å²) in [4.78, 5) is 41.4. The first-order valence-corrected chi connectivity index (χ1v) is 5.73. The molecule has 0 aliphatic rings. The number of nitrogens with zero attached hydrogens (tertiary/aromatic N) is 3. The number of nitrogens with one attached hydrogen (secondary N) is 2. The van der Waals surface area contributed by atoms with E-state index >= 15 is 0 Å². The largest absolute Gasteiger partial charge is 0.617 e. The Morgan fingerprint density at radius 3 is 2.62 bits per heavy atom. The lowest BCUT2D eigenvalue weighted by Crippen LogP contribution is -2.38. The highest BCUT2D eigenvalue weighted by Crippen LogP contribution is 2.25. The van der Waals surface area contributed by atoms with Crippen LogP contribution < -0.4 is 16.0 Å². The molecule has 2 heterocycles. The first-order valence-electron chi connectivity index (χ1n) is 5.73. The number of aryl methyl sites for hydroxylation is 1. The summed E-state index contributed by atoms with van der Waals surface area (Å²) >= 11 is 0. The van der Waals surface area contributed by atoms with E-state index < -0.39 is 27.4 Å². The maximum Gasteiger partial charge on any atom is 0.346 e. The molecule has 1 aromatic carbocycles. The van der Waals surface area contributed by atoms with Crippen LogP contribution in [0.4, 0.5) is 5.69 Å². The third kappa shape index (κ3) is 1.73. The van der Waals surface area contributed by atoms with E-state index in [-0.39, 0.29) is 27.0 Å². The molecule has 0 unspecified atom stereocenters. The Morgan fingerprint density at radius 1 is 1.24 bits per heavy atom. The van der Waals surface area contributed by atoms with Gasteiger partial charge >= 0.3 is 28.0 Å². The SMILES string of the molecule is Cc1ccc2nc3[nH]c(=O)[nH]c(=O)c3[n+]([O-])c2c1[N+](=O)[O-]. The van der Waals surface area contributed by atoms with E-state index in [4.69, 9.17) is 0 Å². The topological polar surface area (TPSA) is 149 Å². The molecular weight excluding hydrogens is 282 g/mol. The summed E-state index contributed by atoms with van der Waals surface area (Å²) in [6.07, 6.45) is 0. The Hall–Kier alpha value is -3.30. The van der Waals surface area contributed by atoms with E-state index in [2.05, 4.69) is 9.97 Å². The van der Waals surface area contributed by atoms with Gasteiger partial charge in [-0.25, -0.2) is 9.78 Å². The third-order valence-corrected chi connectivity index (χ3v) is 3.05. The van der Waals surface area contributed by atoms with Crippen LogP contribution in [-0.2, 0) is 0 Å². The fourth-order valence-corrected chi connectivity index (χ4v) is 2.16. The first-order chi connectivity index (χ1) is 9.90. The second-order valence-corrected chi connectivity index (χ2v) is 4.37. The summed E-state index contributed by atoms with van der Waals surface area (Å²) in [5.74, 6) is 0. The van der Waals surface area contributed by atoms with Gasteiger partial charge in [-0.2, -0.15) is 0 Å². The molecule has 3 rings (SSSR count). The second kappa shape index (κ2) is 4.10. The van der Waals surface area contributed by atoms with Crippen molar-refractivity contribution in [3.8, 4) is 0 Å². The summed E-state index contributed by atoms with van der Waals surface area (Å²) in [7, 11) is 0. The molecule has 0 atom stereocenters. The normalized spacial score (nSPS) is 11.1. The highest BCUT2D eigenvalue weighted by molar-refractivity contribution is 5.86. The van der Waals surface area contributed by atoms with Gasteiger partial charge in [0.25, 0.3) is 0 Å². The molecule has 0 saturated carbocycles. The van der Waals surface area contributed by atoms with Gasteiger partial charge in [0.1, 0.15) is 5.52 Å². The van der Waals surface area contributed by atoms with Crippen LogP contribution in [0.1, 0.15) is 5.56 Å². The molecule has 0 fully saturated rings. The molecular formula is C11H7N5O5. The number of nitro benzene ring substituents is 1. The predicted octanol–water partition coefficient (Wildman–Crippen LogP) is -0.385. The average Bonchev–Trinajstić information content (AvgIpc) is 2.38. The lowest BCUT2D eigenvalue weighted by molar-refractivity contribution is -0.553. The third-order valence-electron chi connectivity index (χ3n) is 3.05. The van der Waals surface area contributed by atoms with Crippen LogP contribution in [0.3, 0.4) is 0 Å². The maximum absolute atomic E-state index is 12.3. The first kappa shape index (κ1) is 12.7. The van der Waals surface area contributed by atoms with Gasteiger partial charge in [-0.05, 0) is 19.1 Å². The van der Waals surface area contributed by atoms with Gasteiger partial charge in [-0.1, -0.05) is 0 Å². The fourth-order valence-electron chi connectivity index (χ4n) is 2.16. The van der Waals surface area contributed by atoms with Crippen molar-refractivity contribution in [2.75, 3.05) is 0 Å². The molecule has 10 heteroatoms. The van der Waals surface area contributed by atoms with Crippen molar-refractivity contribution in [3.05, 3.63) is 53.9 Å². The number of nitro groups is 1. The number of hydrogen-bond acceptors (Lipinski definition) is 6. The van der Waals surface area contributed by atoms with Crippen LogP contribution >= 0.6 is 0 Å². The Morgan fingerprint density at radius 2 is 1.95 bits per heavy atom. The van der Waals surface area contributed by atoms with Crippen LogP contribution in [0.25, 0.3) is 22.2 Å². The molecule has 0 aliphatic carbocycles. The molecule has 21 heavy (non-hydrogen) atoms. The summed E-state index contributed by atoms with van der Waals surface area (Å²) in [5.41, 5.74) is -2.99. The van der Waals surface area contributed by atoms with Crippen molar-refractivity contribution < 1.29 is 9.65 Å². The van der Waals surface area contributed by atoms with Crippen LogP contribution in [0.5, 0.6) is 0 Å². The van der Waals surface area contributed by atoms with E-state index in [1.807, 2.05) is 4.98 Å². The smallest absolute Gasteiger partial charge is 0.346 e. The maximum atomic E-state index is 12.3. The zero-order valence-electron chi connectivity index (χ0n) is 10.5. The molecule has 0 radical (unpaired) electrons. The predicted molar refractivity (Wildman–Crippen MR) is 70.8 cm³/mol. The Balaban J connectivity index is 2.68. The van der Waals surface area contributed by atoms with Gasteiger partial charge in [0.05, 0.1) is 4.92 Å². The molecule has 10 nitrogen and oxygen atoms in total. The second-order valence-electron chi connectivity index (χ2n) is 4.37. The molecule has 3 aromatic rings. The molecule has 0 spiro atoms. The Labute approximate surface area is 114 Å². The van der Waals surface area contributed by atoms with Crippen molar-refractivity contribution in [2.24, 2.45) is 0 Å². The molecule has 0 aliphatic heterocycles. The van der Waals surface area contributed by atoms with Crippen molar-refractivity contribution in [2.45, 2.75) is 6.92 Å². The Bertz CT molecular complexity index is 1040. The van der Waals surface area contributed by atoms with E-state index in [1.165, 1.54) is 19.1 Å². The minimum absolute atomic E-state index is 0.0102. The highest BCUT2D eigenvalue weighted by atomic mass is 16.6. The van der Waals surface area contributed by atoms with E-state index in [1.54, 1.807) is 0 Å². The van der Waals surface area contributed by atoms with Crippen molar-refractivity contribution in [1.29, 1.82) is 0 Å². The average molecular weight is 289 g/mol. The molecule has 0 bridgehead atoms. The quantitative estimate of drug-likeness (QED) is 0.205. The van der Waals surface area contributed by atoms with Gasteiger partial charge in [0.2, 0.25) is 5.65 Å². The summed E-state index contributed by atoms with van der Waals surface area (Å²) < 4.78 is 0.123. The number of aromatic nitrogens is 4. The van der Waals surface area contributed by atoms with Gasteiger partial charge in [0.15, 0.2) is 0 Å². The summed E-state index contributed by atoms with van der Waals surface area (Å²) in [6.45, 7) is 1.47. The lowest BCUT2D eigenvalue weighted by Gasteiger charge is -2.05. The number of hydrogen-bond donors (Lipinski definition) is 2. The highest BCUT2D eigenvalue weighted by Gasteiger charge is 2.27. The Kier molecular flexibility index (Phi) is 2.48. The minimum atomic E-state index is -0.964. The zero-order chi connectivity index (χ0) is 15.3. The number of H-pyrrole nitrogens is 2. The zero-order valence-corrected chi connectivity index (χ0v) is 10.5. The van der Waals surface area contributed by atoms with E-state index in [9.17, 15) is 24.9 Å². The van der Waals surface area contributed by atoms with E-state index in [0.717, 1.165) is 0 Å². The summed E-state index contributed by atoms with van der Waals surface area (Å²) in [5, 5.41) is 23.5. The van der Waals surface area contributed by atoms with E-state index in [0.29, 0.717) is 0 Å². The van der Waals surface area contributed by atoms with Crippen molar-refractivity contribution >= 4 is 27.9 Å². The van der Waals surface area contributed by atoms with Crippen molar-refractivity contribution in [1.82, 2.24) is 15.0 Å². The van der Waals surface area contributed by atoms with Crippen LogP contribution in [0, 0.1) is 22.2 Å². The van der Waals surface area contributed by atoms with Crippen LogP contribution in [0.2, 0.25) is 0 Å². The van der Waals surface area contributed by atoms with Gasteiger partial charge < -0.3 is 5.21 Å². The van der Waals surface area contributed by atoms with Crippen LogP contribution in [0.15, 0.2) is 21.7 Å². The summed E-state index contributed by atoms with van der Waals surface area (Å²) in [6, 6.07) is 2.84. The van der Waals surface area contributed by atoms with Crippen LogP contribution in [-0.4, -0.2) is 19.9 Å². The van der Waals surface area contributed by atoms with Gasteiger partial charge in [-0.15, -0.1) is 4.73 Å². The van der Waals surface area contributed by atoms with Gasteiger partial charge in [-0.3, -0.25) is 24.9 Å². The molecule has 0 amide bonds. The molecule has 0 saturated heterocycles. The molecule has 2 N–H and O–H groups in total. The number of aromatic amines is 2. The number of benzene rings is 1. The lowest BCUT2D eigenvalue weighted by atomic mass is 10.1. The molecule has 106 valence electrons. The minimum Gasteiger partial charge on any atom is -0.617 e. The van der Waals surface area contributed by atoms with Crippen molar-refractivity contribution in [3.63, 3.8) is 0 Å². The number of rotatable bonds is 1. The fraction of sp³-hybridized carbons (Fsp3) is 0.0909. The van der Waals surface area contributed by atoms with Gasteiger partial charge in [0, 0.05) is 5.56 Å². The standard InChI is InChI=1S/C11H7N5O5/c1-4-2-3-5-7(6(4)16(20)21)15(19)8-9(12-5)13-11(18)14-10(8)17/h2-3H,1H3,(H2,12,13,14,17,18). The number of fused-ring (bicyclic) bond motifs is 2. The monoisotopic (exact) mass is 289 g/mol.